The fraction of sp³-hybridized carbons (Fsp3) is 0.538. The molecule has 0 radical (unpaired) electrons. The number of carboxylic acid groups (broad SMARTS) is 1. The van der Waals surface area contributed by atoms with Gasteiger partial charge in [0.05, 0.1) is 0 Å². The number of aromatic carboxylic acids is 1. The highest BCUT2D eigenvalue weighted by atomic mass is 19.4. The zero-order valence-electron chi connectivity index (χ0n) is 12.1. The van der Waals surface area contributed by atoms with E-state index in [2.05, 4.69) is 4.98 Å². The molecule has 0 fully saturated rings. The molecule has 1 N–H and O–H groups in total. The van der Waals surface area contributed by atoms with Gasteiger partial charge in [-0.2, -0.15) is 13.2 Å². The van der Waals surface area contributed by atoms with E-state index in [1.54, 1.807) is 0 Å². The lowest BCUT2D eigenvalue weighted by Gasteiger charge is -2.22. The number of anilines is 1. The van der Waals surface area contributed by atoms with Gasteiger partial charge < -0.3 is 14.9 Å². The molecular formula is C13H18F3N3O2. The average molecular weight is 305 g/mol. The highest BCUT2D eigenvalue weighted by molar-refractivity contribution is 5.93. The SMILES string of the molecule is CN(C)CCCN(C)c1nc(C(F)(F)F)ccc1C(=O)O. The van der Waals surface area contributed by atoms with Crippen LogP contribution in [-0.2, 0) is 6.18 Å². The molecule has 0 atom stereocenters. The molecule has 0 unspecified atom stereocenters. The molecule has 8 heteroatoms. The van der Waals surface area contributed by atoms with Gasteiger partial charge in [0.1, 0.15) is 17.1 Å². The van der Waals surface area contributed by atoms with Crippen molar-refractivity contribution in [1.29, 1.82) is 0 Å². The van der Waals surface area contributed by atoms with Gasteiger partial charge in [-0.05, 0) is 39.2 Å². The number of rotatable bonds is 6. The number of nitrogens with zero attached hydrogens (tertiary/aromatic N) is 3. The van der Waals surface area contributed by atoms with E-state index in [0.29, 0.717) is 19.0 Å². The summed E-state index contributed by atoms with van der Waals surface area (Å²) >= 11 is 0. The Labute approximate surface area is 121 Å². The molecule has 0 aliphatic rings. The third-order valence-electron chi connectivity index (χ3n) is 2.86. The lowest BCUT2D eigenvalue weighted by atomic mass is 10.2. The Morgan fingerprint density at radius 3 is 2.33 bits per heavy atom. The first-order chi connectivity index (χ1) is 9.62. The van der Waals surface area contributed by atoms with Crippen LogP contribution in [0.4, 0.5) is 19.0 Å². The Bertz CT molecular complexity index is 504. The first-order valence-electron chi connectivity index (χ1n) is 6.30. The third kappa shape index (κ3) is 4.89. The molecule has 0 amide bonds. The Morgan fingerprint density at radius 1 is 1.24 bits per heavy atom. The Balaban J connectivity index is 3.03. The minimum absolute atomic E-state index is 0.170. The monoisotopic (exact) mass is 305 g/mol. The summed E-state index contributed by atoms with van der Waals surface area (Å²) in [6.07, 6.45) is -3.92. The molecule has 0 aliphatic heterocycles. The molecule has 21 heavy (non-hydrogen) atoms. The maximum Gasteiger partial charge on any atom is 0.433 e. The summed E-state index contributed by atoms with van der Waals surface area (Å²) in [5, 5.41) is 9.07. The highest BCUT2D eigenvalue weighted by Gasteiger charge is 2.34. The summed E-state index contributed by atoms with van der Waals surface area (Å²) in [5.41, 5.74) is -1.34. The van der Waals surface area contributed by atoms with Gasteiger partial charge in [0, 0.05) is 13.6 Å². The van der Waals surface area contributed by atoms with E-state index in [4.69, 9.17) is 5.11 Å². The van der Waals surface area contributed by atoms with Crippen molar-refractivity contribution in [3.05, 3.63) is 23.4 Å². The maximum absolute atomic E-state index is 12.7. The summed E-state index contributed by atoms with van der Waals surface area (Å²) in [5.74, 6) is -1.47. The summed E-state index contributed by atoms with van der Waals surface area (Å²) in [4.78, 5) is 18.0. The summed E-state index contributed by atoms with van der Waals surface area (Å²) in [7, 11) is 5.29. The van der Waals surface area contributed by atoms with E-state index < -0.39 is 17.8 Å². The summed E-state index contributed by atoms with van der Waals surface area (Å²) in [6, 6.07) is 1.62. The van der Waals surface area contributed by atoms with Crippen LogP contribution in [0.2, 0.25) is 0 Å². The fourth-order valence-electron chi connectivity index (χ4n) is 1.79. The first-order valence-corrected chi connectivity index (χ1v) is 6.30. The Kier molecular flexibility index (Phi) is 5.54. The molecule has 118 valence electrons. The van der Waals surface area contributed by atoms with Crippen LogP contribution in [-0.4, -0.2) is 55.2 Å². The van der Waals surface area contributed by atoms with Crippen molar-refractivity contribution in [1.82, 2.24) is 9.88 Å². The van der Waals surface area contributed by atoms with E-state index in [1.807, 2.05) is 19.0 Å². The van der Waals surface area contributed by atoms with Crippen molar-refractivity contribution in [2.75, 3.05) is 39.1 Å². The highest BCUT2D eigenvalue weighted by Crippen LogP contribution is 2.30. The number of hydrogen-bond donors (Lipinski definition) is 1. The van der Waals surface area contributed by atoms with Gasteiger partial charge in [-0.25, -0.2) is 9.78 Å². The van der Waals surface area contributed by atoms with Crippen LogP contribution in [0.3, 0.4) is 0 Å². The standard InChI is InChI=1S/C13H18F3N3O2/c1-18(2)7-4-8-19(3)11-9(12(20)21)5-6-10(17-11)13(14,15)16/h5-6H,4,7-8H2,1-3H3,(H,20,21). The van der Waals surface area contributed by atoms with Gasteiger partial charge >= 0.3 is 12.1 Å². The van der Waals surface area contributed by atoms with Gasteiger partial charge in [-0.15, -0.1) is 0 Å². The summed E-state index contributed by atoms with van der Waals surface area (Å²) in [6.45, 7) is 1.15. The molecule has 0 saturated heterocycles. The molecular weight excluding hydrogens is 287 g/mol. The van der Waals surface area contributed by atoms with Gasteiger partial charge in [-0.3, -0.25) is 0 Å². The van der Waals surface area contributed by atoms with Crippen molar-refractivity contribution in [3.8, 4) is 0 Å². The van der Waals surface area contributed by atoms with Gasteiger partial charge in [-0.1, -0.05) is 0 Å². The number of carbonyl (C=O) groups is 1. The van der Waals surface area contributed by atoms with Crippen LogP contribution in [0, 0.1) is 0 Å². The van der Waals surface area contributed by atoms with Crippen LogP contribution in [0.15, 0.2) is 12.1 Å². The molecule has 1 aromatic rings. The van der Waals surface area contributed by atoms with Crippen molar-refractivity contribution in [2.45, 2.75) is 12.6 Å². The molecule has 1 rings (SSSR count). The van der Waals surface area contributed by atoms with Crippen LogP contribution in [0.1, 0.15) is 22.5 Å². The molecule has 0 aliphatic carbocycles. The topological polar surface area (TPSA) is 56.7 Å². The Hall–Kier alpha value is -1.83. The molecule has 1 heterocycles. The average Bonchev–Trinajstić information content (AvgIpc) is 2.36. The van der Waals surface area contributed by atoms with Crippen molar-refractivity contribution < 1.29 is 23.1 Å². The molecule has 5 nitrogen and oxygen atoms in total. The van der Waals surface area contributed by atoms with Crippen LogP contribution < -0.4 is 4.90 Å². The van der Waals surface area contributed by atoms with Gasteiger partial charge in [0.2, 0.25) is 0 Å². The van der Waals surface area contributed by atoms with Gasteiger partial charge in [0.15, 0.2) is 0 Å². The molecule has 0 saturated carbocycles. The minimum atomic E-state index is -4.60. The fourth-order valence-corrected chi connectivity index (χ4v) is 1.79. The minimum Gasteiger partial charge on any atom is -0.478 e. The van der Waals surface area contributed by atoms with Crippen LogP contribution in [0.5, 0.6) is 0 Å². The van der Waals surface area contributed by atoms with E-state index in [9.17, 15) is 18.0 Å². The Morgan fingerprint density at radius 2 is 1.86 bits per heavy atom. The smallest absolute Gasteiger partial charge is 0.433 e. The number of pyridine rings is 1. The lowest BCUT2D eigenvalue weighted by Crippen LogP contribution is -2.26. The van der Waals surface area contributed by atoms with Crippen LogP contribution in [0.25, 0.3) is 0 Å². The van der Waals surface area contributed by atoms with E-state index in [-0.39, 0.29) is 11.4 Å². The normalized spacial score (nSPS) is 11.8. The zero-order chi connectivity index (χ0) is 16.2. The van der Waals surface area contributed by atoms with Gasteiger partial charge in [0.25, 0.3) is 0 Å². The largest absolute Gasteiger partial charge is 0.478 e. The number of halogens is 3. The van der Waals surface area contributed by atoms with E-state index >= 15 is 0 Å². The quantitative estimate of drug-likeness (QED) is 0.873. The predicted octanol–water partition coefficient (Wildman–Crippen LogP) is 2.19. The molecule has 0 bridgehead atoms. The van der Waals surface area contributed by atoms with E-state index in [0.717, 1.165) is 12.6 Å². The molecule has 0 aromatic carbocycles. The number of hydrogen-bond acceptors (Lipinski definition) is 4. The second-order valence-electron chi connectivity index (χ2n) is 4.95. The lowest BCUT2D eigenvalue weighted by molar-refractivity contribution is -0.141. The number of alkyl halides is 3. The van der Waals surface area contributed by atoms with Crippen molar-refractivity contribution in [2.24, 2.45) is 0 Å². The second-order valence-corrected chi connectivity index (χ2v) is 4.95. The number of carboxylic acids is 1. The molecule has 1 aromatic heterocycles. The maximum atomic E-state index is 12.7. The molecule has 0 spiro atoms. The van der Waals surface area contributed by atoms with Crippen LogP contribution >= 0.6 is 0 Å². The van der Waals surface area contributed by atoms with E-state index in [1.165, 1.54) is 11.9 Å². The third-order valence-corrected chi connectivity index (χ3v) is 2.86. The van der Waals surface area contributed by atoms with Crippen molar-refractivity contribution in [3.63, 3.8) is 0 Å². The zero-order valence-corrected chi connectivity index (χ0v) is 12.1. The summed E-state index contributed by atoms with van der Waals surface area (Å²) < 4.78 is 38.1. The predicted molar refractivity (Wildman–Crippen MR) is 72.6 cm³/mol. The number of aromatic nitrogens is 1. The van der Waals surface area contributed by atoms with Crippen molar-refractivity contribution >= 4 is 11.8 Å². The second kappa shape index (κ2) is 6.75. The first kappa shape index (κ1) is 17.2.